The van der Waals surface area contributed by atoms with E-state index >= 15 is 0 Å². The van der Waals surface area contributed by atoms with E-state index in [2.05, 4.69) is 10.0 Å². The number of benzene rings is 3. The number of hydrogen-bond donors (Lipinski definition) is 2. The van der Waals surface area contributed by atoms with Gasteiger partial charge in [-0.1, -0.05) is 30.3 Å². The highest BCUT2D eigenvalue weighted by Crippen LogP contribution is 2.26. The average Bonchev–Trinajstić information content (AvgIpc) is 2.75. The van der Waals surface area contributed by atoms with E-state index in [4.69, 9.17) is 4.74 Å². The van der Waals surface area contributed by atoms with Gasteiger partial charge in [-0.05, 0) is 60.5 Å². The van der Waals surface area contributed by atoms with Gasteiger partial charge in [0.15, 0.2) is 0 Å². The predicted molar refractivity (Wildman–Crippen MR) is 119 cm³/mol. The standard InChI is InChI=1S/C23H21FN2O4S/c1-16-7-13-20(19(24)15-16)25-23(27)14-10-17-8-11-18(12-9-17)31(28,29)26-21-5-3-4-6-22(21)30-2/h3-15,26H,1-2H3,(H,25,27)/b14-10+. The van der Waals surface area contributed by atoms with Crippen molar-refractivity contribution in [3.8, 4) is 5.75 Å². The highest BCUT2D eigenvalue weighted by molar-refractivity contribution is 7.92. The van der Waals surface area contributed by atoms with Gasteiger partial charge in [-0.3, -0.25) is 9.52 Å². The van der Waals surface area contributed by atoms with Crippen molar-refractivity contribution in [3.63, 3.8) is 0 Å². The van der Waals surface area contributed by atoms with Crippen molar-refractivity contribution in [2.75, 3.05) is 17.1 Å². The first-order valence-corrected chi connectivity index (χ1v) is 10.8. The van der Waals surface area contributed by atoms with Crippen molar-refractivity contribution < 1.29 is 22.3 Å². The summed E-state index contributed by atoms with van der Waals surface area (Å²) < 4.78 is 46.7. The molecule has 8 heteroatoms. The lowest BCUT2D eigenvalue weighted by Gasteiger charge is -2.11. The number of carbonyl (C=O) groups is 1. The van der Waals surface area contributed by atoms with Gasteiger partial charge in [-0.15, -0.1) is 0 Å². The van der Waals surface area contributed by atoms with Crippen molar-refractivity contribution in [1.82, 2.24) is 0 Å². The molecular weight excluding hydrogens is 419 g/mol. The van der Waals surface area contributed by atoms with Crippen LogP contribution in [0.15, 0.2) is 77.7 Å². The lowest BCUT2D eigenvalue weighted by molar-refractivity contribution is -0.111. The number of halogens is 1. The Morgan fingerprint density at radius 1 is 1.00 bits per heavy atom. The van der Waals surface area contributed by atoms with Crippen molar-refractivity contribution in [3.05, 3.63) is 89.8 Å². The third-order valence-electron chi connectivity index (χ3n) is 4.35. The van der Waals surface area contributed by atoms with Crippen LogP contribution in [0.1, 0.15) is 11.1 Å². The molecule has 160 valence electrons. The summed E-state index contributed by atoms with van der Waals surface area (Å²) in [7, 11) is -2.36. The molecule has 0 radical (unpaired) electrons. The molecule has 31 heavy (non-hydrogen) atoms. The fourth-order valence-corrected chi connectivity index (χ4v) is 3.83. The van der Waals surface area contributed by atoms with Crippen LogP contribution in [-0.4, -0.2) is 21.4 Å². The second kappa shape index (κ2) is 9.44. The van der Waals surface area contributed by atoms with Crippen LogP contribution in [-0.2, 0) is 14.8 Å². The van der Waals surface area contributed by atoms with Gasteiger partial charge >= 0.3 is 0 Å². The molecule has 0 aliphatic heterocycles. The molecular formula is C23H21FN2O4S. The topological polar surface area (TPSA) is 84.5 Å². The first-order valence-electron chi connectivity index (χ1n) is 9.29. The maximum Gasteiger partial charge on any atom is 0.262 e. The number of rotatable bonds is 7. The second-order valence-electron chi connectivity index (χ2n) is 6.68. The Labute approximate surface area is 180 Å². The lowest BCUT2D eigenvalue weighted by Crippen LogP contribution is -2.13. The van der Waals surface area contributed by atoms with Crippen LogP contribution in [0, 0.1) is 12.7 Å². The third kappa shape index (κ3) is 5.70. The molecule has 6 nitrogen and oxygen atoms in total. The molecule has 0 aromatic heterocycles. The zero-order valence-electron chi connectivity index (χ0n) is 16.9. The molecule has 0 saturated carbocycles. The number of nitrogens with one attached hydrogen (secondary N) is 2. The predicted octanol–water partition coefficient (Wildman–Crippen LogP) is 4.60. The number of aryl methyl sites for hydroxylation is 1. The molecule has 0 spiro atoms. The Morgan fingerprint density at radius 3 is 2.39 bits per heavy atom. The van der Waals surface area contributed by atoms with Crippen LogP contribution in [0.4, 0.5) is 15.8 Å². The van der Waals surface area contributed by atoms with Gasteiger partial charge < -0.3 is 10.1 Å². The van der Waals surface area contributed by atoms with Gasteiger partial charge in [-0.2, -0.15) is 0 Å². The van der Waals surface area contributed by atoms with Crippen LogP contribution in [0.5, 0.6) is 5.75 Å². The van der Waals surface area contributed by atoms with Crippen LogP contribution in [0.3, 0.4) is 0 Å². The number of ether oxygens (including phenoxy) is 1. The van der Waals surface area contributed by atoms with Crippen LogP contribution < -0.4 is 14.8 Å². The fourth-order valence-electron chi connectivity index (χ4n) is 2.76. The van der Waals surface area contributed by atoms with E-state index in [9.17, 15) is 17.6 Å². The third-order valence-corrected chi connectivity index (χ3v) is 5.73. The van der Waals surface area contributed by atoms with E-state index in [1.807, 2.05) is 0 Å². The Kier molecular flexibility index (Phi) is 6.71. The van der Waals surface area contributed by atoms with Gasteiger partial charge in [-0.25, -0.2) is 12.8 Å². The number of anilines is 2. The number of carbonyl (C=O) groups excluding carboxylic acids is 1. The molecule has 3 rings (SSSR count). The number of amides is 1. The molecule has 2 N–H and O–H groups in total. The Hall–Kier alpha value is -3.65. The minimum atomic E-state index is -3.82. The number of sulfonamides is 1. The van der Waals surface area contributed by atoms with Crippen molar-refractivity contribution >= 4 is 33.4 Å². The summed E-state index contributed by atoms with van der Waals surface area (Å²) in [5.41, 5.74) is 1.77. The number of para-hydroxylation sites is 2. The van der Waals surface area contributed by atoms with E-state index < -0.39 is 21.7 Å². The van der Waals surface area contributed by atoms with E-state index in [1.54, 1.807) is 49.4 Å². The molecule has 0 aliphatic carbocycles. The van der Waals surface area contributed by atoms with Crippen molar-refractivity contribution in [2.45, 2.75) is 11.8 Å². The Morgan fingerprint density at radius 2 is 1.71 bits per heavy atom. The Bertz CT molecular complexity index is 1220. The molecule has 1 amide bonds. The molecule has 3 aromatic rings. The minimum absolute atomic E-state index is 0.0572. The molecule has 3 aromatic carbocycles. The fraction of sp³-hybridized carbons (Fsp3) is 0.0870. The lowest BCUT2D eigenvalue weighted by atomic mass is 10.2. The summed E-state index contributed by atoms with van der Waals surface area (Å²) in [6.45, 7) is 1.75. The summed E-state index contributed by atoms with van der Waals surface area (Å²) in [5, 5.41) is 2.46. The molecule has 0 atom stereocenters. The zero-order valence-corrected chi connectivity index (χ0v) is 17.7. The second-order valence-corrected chi connectivity index (χ2v) is 8.36. The van der Waals surface area contributed by atoms with Crippen LogP contribution in [0.2, 0.25) is 0 Å². The van der Waals surface area contributed by atoms with Gasteiger partial charge in [0.1, 0.15) is 11.6 Å². The quantitative estimate of drug-likeness (QED) is 0.526. The summed E-state index contributed by atoms with van der Waals surface area (Å²) in [6, 6.07) is 17.2. The molecule has 0 unspecified atom stereocenters. The largest absolute Gasteiger partial charge is 0.495 e. The average molecular weight is 440 g/mol. The van der Waals surface area contributed by atoms with E-state index in [1.165, 1.54) is 43.5 Å². The van der Waals surface area contributed by atoms with Crippen molar-refractivity contribution in [1.29, 1.82) is 0 Å². The maximum atomic E-state index is 13.8. The van der Waals surface area contributed by atoms with Gasteiger partial charge in [0.2, 0.25) is 5.91 Å². The molecule has 0 bridgehead atoms. The number of hydrogen-bond acceptors (Lipinski definition) is 4. The normalized spacial score (nSPS) is 11.3. The van der Waals surface area contributed by atoms with E-state index in [-0.39, 0.29) is 10.6 Å². The summed E-state index contributed by atoms with van der Waals surface area (Å²) in [5.74, 6) is -0.613. The van der Waals surface area contributed by atoms with Gasteiger partial charge in [0, 0.05) is 6.08 Å². The Balaban J connectivity index is 1.68. The van der Waals surface area contributed by atoms with E-state index in [0.29, 0.717) is 17.0 Å². The van der Waals surface area contributed by atoms with Gasteiger partial charge in [0.05, 0.1) is 23.4 Å². The summed E-state index contributed by atoms with van der Waals surface area (Å²) in [4.78, 5) is 12.1. The monoisotopic (exact) mass is 440 g/mol. The summed E-state index contributed by atoms with van der Waals surface area (Å²) in [6.07, 6.45) is 2.75. The van der Waals surface area contributed by atoms with Crippen LogP contribution in [0.25, 0.3) is 6.08 Å². The maximum absolute atomic E-state index is 13.8. The number of methoxy groups -OCH3 is 1. The highest BCUT2D eigenvalue weighted by Gasteiger charge is 2.16. The highest BCUT2D eigenvalue weighted by atomic mass is 32.2. The SMILES string of the molecule is COc1ccccc1NS(=O)(=O)c1ccc(/C=C/C(=O)Nc2ccc(C)cc2F)cc1. The van der Waals surface area contributed by atoms with E-state index in [0.717, 1.165) is 5.56 Å². The van der Waals surface area contributed by atoms with Gasteiger partial charge in [0.25, 0.3) is 10.0 Å². The summed E-state index contributed by atoms with van der Waals surface area (Å²) >= 11 is 0. The molecule has 0 aliphatic rings. The minimum Gasteiger partial charge on any atom is -0.495 e. The first kappa shape index (κ1) is 22.0. The van der Waals surface area contributed by atoms with Crippen LogP contribution >= 0.6 is 0 Å². The van der Waals surface area contributed by atoms with Crippen molar-refractivity contribution in [2.24, 2.45) is 0 Å². The first-order chi connectivity index (χ1) is 14.8. The molecule has 0 heterocycles. The molecule has 0 fully saturated rings. The zero-order chi connectivity index (χ0) is 22.4. The smallest absolute Gasteiger partial charge is 0.262 e. The molecule has 0 saturated heterocycles.